The zero-order valence-electron chi connectivity index (χ0n) is 7.60. The van der Waals surface area contributed by atoms with Crippen LogP contribution < -0.4 is 4.90 Å². The van der Waals surface area contributed by atoms with Gasteiger partial charge in [-0.3, -0.25) is 4.79 Å². The van der Waals surface area contributed by atoms with Crippen molar-refractivity contribution in [2.24, 2.45) is 0 Å². The lowest BCUT2D eigenvalue weighted by atomic mass is 10.1. The highest BCUT2D eigenvalue weighted by Crippen LogP contribution is 2.30. The second kappa shape index (κ2) is 3.21. The van der Waals surface area contributed by atoms with Crippen molar-refractivity contribution in [3.05, 3.63) is 23.8 Å². The van der Waals surface area contributed by atoms with Crippen LogP contribution in [0.25, 0.3) is 0 Å². The van der Waals surface area contributed by atoms with E-state index in [0.717, 1.165) is 17.7 Å². The quantitative estimate of drug-likeness (QED) is 0.730. The number of hydrogen-bond acceptors (Lipinski definition) is 3. The normalized spacial score (nSPS) is 14.1. The Hall–Kier alpha value is -1.71. The number of rotatable bonds is 2. The SMILES string of the molecule is O=C(O)CN1CCc2cc(O)ccc21. The van der Waals surface area contributed by atoms with Crippen LogP contribution in [0.5, 0.6) is 5.75 Å². The number of fused-ring (bicyclic) bond motifs is 1. The summed E-state index contributed by atoms with van der Waals surface area (Å²) in [6.45, 7) is 0.739. The van der Waals surface area contributed by atoms with Crippen LogP contribution in [0.15, 0.2) is 18.2 Å². The van der Waals surface area contributed by atoms with Crippen LogP contribution in [0.3, 0.4) is 0 Å². The van der Waals surface area contributed by atoms with Gasteiger partial charge in [0.2, 0.25) is 0 Å². The van der Waals surface area contributed by atoms with Gasteiger partial charge in [0.25, 0.3) is 0 Å². The molecule has 0 amide bonds. The Morgan fingerprint density at radius 1 is 1.50 bits per heavy atom. The number of carboxylic acid groups (broad SMARTS) is 1. The van der Waals surface area contributed by atoms with Gasteiger partial charge >= 0.3 is 5.97 Å². The van der Waals surface area contributed by atoms with Crippen molar-refractivity contribution in [2.45, 2.75) is 6.42 Å². The van der Waals surface area contributed by atoms with Crippen LogP contribution in [0, 0.1) is 0 Å². The van der Waals surface area contributed by atoms with Crippen LogP contribution in [-0.4, -0.2) is 29.3 Å². The first-order valence-corrected chi connectivity index (χ1v) is 4.45. The van der Waals surface area contributed by atoms with Crippen molar-refractivity contribution in [3.63, 3.8) is 0 Å². The van der Waals surface area contributed by atoms with Gasteiger partial charge in [0.1, 0.15) is 12.3 Å². The van der Waals surface area contributed by atoms with E-state index in [1.54, 1.807) is 23.1 Å². The van der Waals surface area contributed by atoms with Crippen LogP contribution in [0.4, 0.5) is 5.69 Å². The number of carboxylic acids is 1. The van der Waals surface area contributed by atoms with E-state index < -0.39 is 5.97 Å². The van der Waals surface area contributed by atoms with Crippen molar-refractivity contribution in [3.8, 4) is 5.75 Å². The van der Waals surface area contributed by atoms with Crippen molar-refractivity contribution in [2.75, 3.05) is 18.0 Å². The van der Waals surface area contributed by atoms with E-state index in [4.69, 9.17) is 5.11 Å². The molecule has 0 aliphatic carbocycles. The van der Waals surface area contributed by atoms with Gasteiger partial charge in [0, 0.05) is 12.2 Å². The molecule has 1 heterocycles. The number of benzene rings is 1. The van der Waals surface area contributed by atoms with Crippen molar-refractivity contribution < 1.29 is 15.0 Å². The first-order valence-electron chi connectivity index (χ1n) is 4.45. The lowest BCUT2D eigenvalue weighted by molar-refractivity contribution is -0.135. The molecule has 14 heavy (non-hydrogen) atoms. The number of anilines is 1. The van der Waals surface area contributed by atoms with Gasteiger partial charge in [-0.2, -0.15) is 0 Å². The summed E-state index contributed by atoms with van der Waals surface area (Å²) in [5.74, 6) is -0.591. The van der Waals surface area contributed by atoms with Crippen LogP contribution in [-0.2, 0) is 11.2 Å². The van der Waals surface area contributed by atoms with Gasteiger partial charge < -0.3 is 15.1 Å². The lowest BCUT2D eigenvalue weighted by Crippen LogP contribution is -2.27. The molecule has 1 aliphatic rings. The smallest absolute Gasteiger partial charge is 0.323 e. The molecule has 0 spiro atoms. The number of aliphatic carboxylic acids is 1. The minimum atomic E-state index is -0.828. The third-order valence-corrected chi connectivity index (χ3v) is 2.38. The Morgan fingerprint density at radius 2 is 2.29 bits per heavy atom. The molecule has 0 saturated carbocycles. The predicted molar refractivity (Wildman–Crippen MR) is 51.7 cm³/mol. The molecule has 1 aromatic rings. The highest BCUT2D eigenvalue weighted by atomic mass is 16.4. The molecule has 0 fully saturated rings. The van der Waals surface area contributed by atoms with E-state index in [1.165, 1.54) is 0 Å². The first kappa shape index (κ1) is 8.87. The second-order valence-electron chi connectivity index (χ2n) is 3.38. The van der Waals surface area contributed by atoms with Gasteiger partial charge in [-0.05, 0) is 30.2 Å². The molecule has 4 nitrogen and oxygen atoms in total. The monoisotopic (exact) mass is 193 g/mol. The zero-order chi connectivity index (χ0) is 10.1. The number of aromatic hydroxyl groups is 1. The van der Waals surface area contributed by atoms with Crippen LogP contribution in [0.2, 0.25) is 0 Å². The molecule has 0 unspecified atom stereocenters. The van der Waals surface area contributed by atoms with E-state index in [-0.39, 0.29) is 12.3 Å². The predicted octanol–water partition coefficient (Wildman–Crippen LogP) is 0.839. The molecule has 4 heteroatoms. The molecule has 2 rings (SSSR count). The number of hydrogen-bond donors (Lipinski definition) is 2. The fourth-order valence-electron chi connectivity index (χ4n) is 1.78. The van der Waals surface area contributed by atoms with E-state index >= 15 is 0 Å². The highest BCUT2D eigenvalue weighted by Gasteiger charge is 2.20. The van der Waals surface area contributed by atoms with E-state index in [9.17, 15) is 9.90 Å². The number of phenolic OH excluding ortho intramolecular Hbond substituents is 1. The maximum absolute atomic E-state index is 10.5. The standard InChI is InChI=1S/C10H11NO3/c12-8-1-2-9-7(5-8)3-4-11(9)6-10(13)14/h1-2,5,12H,3-4,6H2,(H,13,14). The molecule has 0 aromatic heterocycles. The molecular weight excluding hydrogens is 182 g/mol. The van der Waals surface area contributed by atoms with Gasteiger partial charge in [-0.15, -0.1) is 0 Å². The topological polar surface area (TPSA) is 60.8 Å². The maximum Gasteiger partial charge on any atom is 0.323 e. The lowest BCUT2D eigenvalue weighted by Gasteiger charge is -2.16. The second-order valence-corrected chi connectivity index (χ2v) is 3.38. The molecule has 1 aliphatic heterocycles. The van der Waals surface area contributed by atoms with Gasteiger partial charge in [-0.25, -0.2) is 0 Å². The Balaban J connectivity index is 2.26. The third-order valence-electron chi connectivity index (χ3n) is 2.38. The molecule has 0 bridgehead atoms. The molecule has 0 radical (unpaired) electrons. The number of carbonyl (C=O) groups is 1. The van der Waals surface area contributed by atoms with Gasteiger partial charge in [0.15, 0.2) is 0 Å². The number of nitrogens with zero attached hydrogens (tertiary/aromatic N) is 1. The van der Waals surface area contributed by atoms with Crippen LogP contribution >= 0.6 is 0 Å². The minimum absolute atomic E-state index is 0.0256. The Labute approximate surface area is 81.4 Å². The average Bonchev–Trinajstić information content (AvgIpc) is 2.47. The summed E-state index contributed by atoms with van der Waals surface area (Å²) in [4.78, 5) is 12.3. The fourth-order valence-corrected chi connectivity index (χ4v) is 1.78. The van der Waals surface area contributed by atoms with E-state index in [1.807, 2.05) is 0 Å². The van der Waals surface area contributed by atoms with Crippen molar-refractivity contribution in [1.29, 1.82) is 0 Å². The summed E-state index contributed by atoms with van der Waals surface area (Å²) in [5.41, 5.74) is 1.94. The molecule has 1 aromatic carbocycles. The summed E-state index contributed by atoms with van der Waals surface area (Å²) in [7, 11) is 0. The minimum Gasteiger partial charge on any atom is -0.508 e. The van der Waals surface area contributed by atoms with Gasteiger partial charge in [0.05, 0.1) is 0 Å². The summed E-state index contributed by atoms with van der Waals surface area (Å²) >= 11 is 0. The Bertz CT molecular complexity index is 376. The maximum atomic E-state index is 10.5. The highest BCUT2D eigenvalue weighted by molar-refractivity contribution is 5.75. The van der Waals surface area contributed by atoms with Crippen molar-refractivity contribution in [1.82, 2.24) is 0 Å². The molecule has 0 saturated heterocycles. The summed E-state index contributed by atoms with van der Waals surface area (Å²) in [6, 6.07) is 5.04. The summed E-state index contributed by atoms with van der Waals surface area (Å²) < 4.78 is 0. The van der Waals surface area contributed by atoms with Crippen LogP contribution in [0.1, 0.15) is 5.56 Å². The summed E-state index contributed by atoms with van der Waals surface area (Å²) in [5, 5.41) is 17.9. The fraction of sp³-hybridized carbons (Fsp3) is 0.300. The van der Waals surface area contributed by atoms with Gasteiger partial charge in [-0.1, -0.05) is 0 Å². The zero-order valence-corrected chi connectivity index (χ0v) is 7.60. The molecule has 74 valence electrons. The first-order chi connectivity index (χ1) is 6.66. The third kappa shape index (κ3) is 1.51. The van der Waals surface area contributed by atoms with E-state index in [2.05, 4.69) is 0 Å². The van der Waals surface area contributed by atoms with Crippen molar-refractivity contribution >= 4 is 11.7 Å². The Morgan fingerprint density at radius 3 is 3.00 bits per heavy atom. The Kier molecular flexibility index (Phi) is 2.04. The average molecular weight is 193 g/mol. The van der Waals surface area contributed by atoms with E-state index in [0.29, 0.717) is 6.54 Å². The molecule has 0 atom stereocenters. The molecular formula is C10H11NO3. The summed E-state index contributed by atoms with van der Waals surface area (Å²) in [6.07, 6.45) is 0.803. The largest absolute Gasteiger partial charge is 0.508 e. The molecule has 2 N–H and O–H groups in total. The number of phenols is 1.